The minimum atomic E-state index is -0.256. The molecule has 6 heteroatoms. The van der Waals surface area contributed by atoms with E-state index in [1.165, 1.54) is 16.8 Å². The first-order valence-corrected chi connectivity index (χ1v) is 10.7. The first-order chi connectivity index (χ1) is 13.9. The second-order valence-electron chi connectivity index (χ2n) is 9.14. The number of rotatable bonds is 3. The monoisotopic (exact) mass is 396 g/mol. The maximum Gasteiger partial charge on any atom is 0.318 e. The number of fused-ring (bicyclic) bond motifs is 1. The third-order valence-electron chi connectivity index (χ3n) is 5.66. The van der Waals surface area contributed by atoms with Crippen molar-refractivity contribution in [1.82, 2.24) is 20.0 Å². The van der Waals surface area contributed by atoms with E-state index in [-0.39, 0.29) is 17.6 Å². The molecule has 2 aliphatic heterocycles. The van der Waals surface area contributed by atoms with Crippen LogP contribution in [0.15, 0.2) is 30.3 Å². The second kappa shape index (κ2) is 8.19. The highest BCUT2D eigenvalue weighted by Gasteiger charge is 2.35. The van der Waals surface area contributed by atoms with Gasteiger partial charge < -0.3 is 15.0 Å². The number of carbonyl (C=O) groups excluding carboxylic acids is 1. The smallest absolute Gasteiger partial charge is 0.318 e. The molecule has 29 heavy (non-hydrogen) atoms. The number of nitrogens with zero attached hydrogens (tertiary/aromatic N) is 3. The van der Waals surface area contributed by atoms with E-state index in [0.717, 1.165) is 51.1 Å². The van der Waals surface area contributed by atoms with Gasteiger partial charge in [-0.1, -0.05) is 30.3 Å². The van der Waals surface area contributed by atoms with Crippen LogP contribution in [0.4, 0.5) is 4.79 Å². The van der Waals surface area contributed by atoms with Gasteiger partial charge >= 0.3 is 6.03 Å². The Balaban J connectivity index is 1.66. The predicted octanol–water partition coefficient (Wildman–Crippen LogP) is 4.04. The topological polar surface area (TPSA) is 59.4 Å². The van der Waals surface area contributed by atoms with Crippen molar-refractivity contribution >= 4 is 6.03 Å². The highest BCUT2D eigenvalue weighted by Crippen LogP contribution is 2.35. The molecule has 1 N–H and O–H groups in total. The van der Waals surface area contributed by atoms with Gasteiger partial charge in [0, 0.05) is 29.8 Å². The van der Waals surface area contributed by atoms with Crippen LogP contribution in [0.2, 0.25) is 0 Å². The Bertz CT molecular complexity index is 854. The maximum absolute atomic E-state index is 13.0. The molecule has 1 aromatic carbocycles. The van der Waals surface area contributed by atoms with Gasteiger partial charge in [0.15, 0.2) is 0 Å². The lowest BCUT2D eigenvalue weighted by Gasteiger charge is -2.37. The fourth-order valence-electron chi connectivity index (χ4n) is 4.34. The summed E-state index contributed by atoms with van der Waals surface area (Å²) < 4.78 is 7.93. The van der Waals surface area contributed by atoms with E-state index in [4.69, 9.17) is 9.84 Å². The molecule has 6 nitrogen and oxygen atoms in total. The Morgan fingerprint density at radius 1 is 1.24 bits per heavy atom. The Morgan fingerprint density at radius 3 is 2.79 bits per heavy atom. The second-order valence-corrected chi connectivity index (χ2v) is 9.14. The molecule has 1 unspecified atom stereocenters. The van der Waals surface area contributed by atoms with Crippen LogP contribution >= 0.6 is 0 Å². The molecule has 0 bridgehead atoms. The Labute approximate surface area is 173 Å². The van der Waals surface area contributed by atoms with Crippen LogP contribution in [0.3, 0.4) is 0 Å². The van der Waals surface area contributed by atoms with Crippen LogP contribution in [0, 0.1) is 0 Å². The van der Waals surface area contributed by atoms with Crippen LogP contribution in [0.5, 0.6) is 0 Å². The molecule has 1 saturated heterocycles. The van der Waals surface area contributed by atoms with E-state index >= 15 is 0 Å². The van der Waals surface area contributed by atoms with Gasteiger partial charge in [-0.3, -0.25) is 4.68 Å². The highest BCUT2D eigenvalue weighted by atomic mass is 16.5. The number of nitrogens with one attached hydrogen (secondary N) is 1. The zero-order valence-electron chi connectivity index (χ0n) is 17.8. The number of aromatic nitrogens is 2. The molecule has 1 atom stereocenters. The average Bonchev–Trinajstić information content (AvgIpc) is 3.06. The lowest BCUT2D eigenvalue weighted by molar-refractivity contribution is 0.105. The molecule has 0 radical (unpaired) electrons. The summed E-state index contributed by atoms with van der Waals surface area (Å²) >= 11 is 0. The van der Waals surface area contributed by atoms with Crippen LogP contribution in [0.1, 0.15) is 68.6 Å². The number of amides is 2. The summed E-state index contributed by atoms with van der Waals surface area (Å²) in [6.07, 6.45) is 3.98. The van der Waals surface area contributed by atoms with Crippen molar-refractivity contribution in [3.63, 3.8) is 0 Å². The van der Waals surface area contributed by atoms with Crippen molar-refractivity contribution in [2.24, 2.45) is 0 Å². The number of benzene rings is 1. The van der Waals surface area contributed by atoms with Gasteiger partial charge in [-0.25, -0.2) is 4.79 Å². The van der Waals surface area contributed by atoms with Crippen molar-refractivity contribution in [2.75, 3.05) is 13.2 Å². The number of hydrogen-bond donors (Lipinski definition) is 1. The average molecular weight is 397 g/mol. The third kappa shape index (κ3) is 4.47. The van der Waals surface area contributed by atoms with Crippen molar-refractivity contribution < 1.29 is 9.53 Å². The van der Waals surface area contributed by atoms with Crippen LogP contribution in [0.25, 0.3) is 0 Å². The van der Waals surface area contributed by atoms with Gasteiger partial charge in [-0.15, -0.1) is 0 Å². The molecule has 1 aromatic heterocycles. The van der Waals surface area contributed by atoms with E-state index < -0.39 is 0 Å². The minimum Gasteiger partial charge on any atom is -0.376 e. The van der Waals surface area contributed by atoms with Gasteiger partial charge in [0.25, 0.3) is 0 Å². The Morgan fingerprint density at radius 2 is 2.03 bits per heavy atom. The third-order valence-corrected chi connectivity index (χ3v) is 5.66. The zero-order chi connectivity index (χ0) is 20.4. The van der Waals surface area contributed by atoms with Crippen LogP contribution in [-0.4, -0.2) is 39.4 Å². The largest absolute Gasteiger partial charge is 0.376 e. The lowest BCUT2D eigenvalue weighted by Crippen LogP contribution is -2.51. The van der Waals surface area contributed by atoms with Gasteiger partial charge in [-0.05, 0) is 45.6 Å². The fraction of sp³-hybridized carbons (Fsp3) is 0.565. The van der Waals surface area contributed by atoms with Gasteiger partial charge in [-0.2, -0.15) is 5.10 Å². The van der Waals surface area contributed by atoms with Crippen LogP contribution in [-0.2, 0) is 24.3 Å². The van der Waals surface area contributed by atoms with Gasteiger partial charge in [0.2, 0.25) is 0 Å². The molecule has 0 spiro atoms. The van der Waals surface area contributed by atoms with E-state index in [2.05, 4.69) is 34.3 Å². The van der Waals surface area contributed by atoms with Crippen molar-refractivity contribution in [1.29, 1.82) is 0 Å². The molecule has 4 rings (SSSR count). The number of carbonyl (C=O) groups is 1. The maximum atomic E-state index is 13.0. The molecule has 3 heterocycles. The fourth-order valence-corrected chi connectivity index (χ4v) is 4.34. The lowest BCUT2D eigenvalue weighted by atomic mass is 9.95. The van der Waals surface area contributed by atoms with E-state index in [1.54, 1.807) is 0 Å². The molecule has 156 valence electrons. The standard InChI is InChI=1S/C23H32N4O2/c1-23(2,3)24-22(28)26-13-8-7-11-20(26)21-18-16-29-14-12-19(18)27(25-21)15-17-9-5-4-6-10-17/h4-6,9-10,20H,7-8,11-16H2,1-3H3,(H,24,28). The first-order valence-electron chi connectivity index (χ1n) is 10.7. The van der Waals surface area contributed by atoms with E-state index in [0.29, 0.717) is 6.61 Å². The number of ether oxygens (including phenoxy) is 1. The molecule has 2 aliphatic rings. The zero-order valence-corrected chi connectivity index (χ0v) is 17.8. The molecular formula is C23H32N4O2. The molecule has 0 aliphatic carbocycles. The summed E-state index contributed by atoms with van der Waals surface area (Å²) in [5, 5.41) is 8.19. The minimum absolute atomic E-state index is 0.00490. The van der Waals surface area contributed by atoms with Crippen molar-refractivity contribution in [3.8, 4) is 0 Å². The Kier molecular flexibility index (Phi) is 5.63. The van der Waals surface area contributed by atoms with E-state index in [9.17, 15) is 4.79 Å². The SMILES string of the molecule is CC(C)(C)NC(=O)N1CCCCC1c1nn(Cc2ccccc2)c2c1COCC2. The molecule has 2 aromatic rings. The summed E-state index contributed by atoms with van der Waals surface area (Å²) in [5.74, 6) is 0. The summed E-state index contributed by atoms with van der Waals surface area (Å²) in [7, 11) is 0. The quantitative estimate of drug-likeness (QED) is 0.852. The summed E-state index contributed by atoms with van der Waals surface area (Å²) in [4.78, 5) is 15.0. The first kappa shape index (κ1) is 20.0. The molecule has 0 saturated carbocycles. The van der Waals surface area contributed by atoms with E-state index in [1.807, 2.05) is 31.7 Å². The molecule has 1 fully saturated rings. The van der Waals surface area contributed by atoms with Crippen LogP contribution < -0.4 is 5.32 Å². The van der Waals surface area contributed by atoms with Crippen molar-refractivity contribution in [3.05, 3.63) is 52.8 Å². The predicted molar refractivity (Wildman–Crippen MR) is 113 cm³/mol. The highest BCUT2D eigenvalue weighted by molar-refractivity contribution is 5.75. The van der Waals surface area contributed by atoms with Crippen molar-refractivity contribution in [2.45, 2.75) is 71.2 Å². The van der Waals surface area contributed by atoms with Gasteiger partial charge in [0.1, 0.15) is 0 Å². The summed E-state index contributed by atoms with van der Waals surface area (Å²) in [6, 6.07) is 10.5. The van der Waals surface area contributed by atoms with Gasteiger partial charge in [0.05, 0.1) is 31.5 Å². The summed E-state index contributed by atoms with van der Waals surface area (Å²) in [6.45, 7) is 8.91. The number of piperidine rings is 1. The number of hydrogen-bond acceptors (Lipinski definition) is 3. The molecular weight excluding hydrogens is 364 g/mol. The number of likely N-dealkylation sites (tertiary alicyclic amines) is 1. The number of urea groups is 1. The Hall–Kier alpha value is -2.34. The normalized spacial score (nSPS) is 19.7. The molecule has 2 amide bonds. The summed E-state index contributed by atoms with van der Waals surface area (Å²) in [5.41, 5.74) is 4.46.